The second-order valence-electron chi connectivity index (χ2n) is 4.86. The standard InChI is InChI=1S/C10H17N3O2/c1-7-8(9(14)15)11-12-13(7)6-5-10(2,3)4/h5-6H2,1-4H3,(H,14,15). The molecular weight excluding hydrogens is 194 g/mol. The summed E-state index contributed by atoms with van der Waals surface area (Å²) in [5, 5.41) is 16.2. The summed E-state index contributed by atoms with van der Waals surface area (Å²) >= 11 is 0. The van der Waals surface area contributed by atoms with Crippen molar-refractivity contribution in [2.75, 3.05) is 0 Å². The largest absolute Gasteiger partial charge is 0.476 e. The van der Waals surface area contributed by atoms with Gasteiger partial charge in [-0.05, 0) is 18.8 Å². The SMILES string of the molecule is Cc1c(C(=O)O)nnn1CCC(C)(C)C. The van der Waals surface area contributed by atoms with E-state index in [-0.39, 0.29) is 11.1 Å². The van der Waals surface area contributed by atoms with Gasteiger partial charge in [0.05, 0.1) is 5.69 Å². The maximum atomic E-state index is 10.7. The summed E-state index contributed by atoms with van der Waals surface area (Å²) < 4.78 is 1.65. The topological polar surface area (TPSA) is 68.0 Å². The molecule has 0 saturated carbocycles. The van der Waals surface area contributed by atoms with Crippen molar-refractivity contribution < 1.29 is 9.90 Å². The van der Waals surface area contributed by atoms with Crippen molar-refractivity contribution in [3.63, 3.8) is 0 Å². The number of nitrogens with zero attached hydrogens (tertiary/aromatic N) is 3. The first-order valence-electron chi connectivity index (χ1n) is 4.94. The zero-order valence-corrected chi connectivity index (χ0v) is 9.61. The van der Waals surface area contributed by atoms with Gasteiger partial charge >= 0.3 is 5.97 Å². The molecule has 0 saturated heterocycles. The lowest BCUT2D eigenvalue weighted by molar-refractivity contribution is 0.0689. The Morgan fingerprint density at radius 1 is 1.47 bits per heavy atom. The van der Waals surface area contributed by atoms with E-state index < -0.39 is 5.97 Å². The van der Waals surface area contributed by atoms with Crippen molar-refractivity contribution >= 4 is 5.97 Å². The van der Waals surface area contributed by atoms with Gasteiger partial charge < -0.3 is 5.11 Å². The highest BCUT2D eigenvalue weighted by Gasteiger charge is 2.16. The van der Waals surface area contributed by atoms with Crippen LogP contribution in [0, 0.1) is 12.3 Å². The number of carbonyl (C=O) groups is 1. The lowest BCUT2D eigenvalue weighted by atomic mass is 9.92. The van der Waals surface area contributed by atoms with Crippen LogP contribution in [-0.2, 0) is 6.54 Å². The summed E-state index contributed by atoms with van der Waals surface area (Å²) in [6.45, 7) is 8.84. The summed E-state index contributed by atoms with van der Waals surface area (Å²) in [6.07, 6.45) is 0.941. The Bertz CT molecular complexity index is 363. The predicted molar refractivity (Wildman–Crippen MR) is 55.8 cm³/mol. The van der Waals surface area contributed by atoms with Crippen molar-refractivity contribution in [2.45, 2.75) is 40.7 Å². The van der Waals surface area contributed by atoms with Crippen LogP contribution in [0.25, 0.3) is 0 Å². The fraction of sp³-hybridized carbons (Fsp3) is 0.700. The molecule has 1 aromatic heterocycles. The lowest BCUT2D eigenvalue weighted by Crippen LogP contribution is -2.12. The maximum absolute atomic E-state index is 10.7. The summed E-state index contributed by atoms with van der Waals surface area (Å²) in [4.78, 5) is 10.7. The van der Waals surface area contributed by atoms with Crippen molar-refractivity contribution in [3.05, 3.63) is 11.4 Å². The van der Waals surface area contributed by atoms with E-state index in [1.165, 1.54) is 0 Å². The van der Waals surface area contributed by atoms with Crippen LogP contribution in [0.4, 0.5) is 0 Å². The fourth-order valence-electron chi connectivity index (χ4n) is 1.21. The van der Waals surface area contributed by atoms with Crippen LogP contribution in [0.1, 0.15) is 43.4 Å². The number of carboxylic acids is 1. The molecule has 1 rings (SSSR count). The third kappa shape index (κ3) is 3.04. The first-order chi connectivity index (χ1) is 6.81. The third-order valence-electron chi connectivity index (χ3n) is 2.26. The quantitative estimate of drug-likeness (QED) is 0.826. The zero-order valence-electron chi connectivity index (χ0n) is 9.61. The van der Waals surface area contributed by atoms with Crippen LogP contribution >= 0.6 is 0 Å². The molecule has 0 unspecified atom stereocenters. The predicted octanol–water partition coefficient (Wildman–Crippen LogP) is 1.72. The molecule has 0 atom stereocenters. The normalized spacial score (nSPS) is 11.7. The van der Waals surface area contributed by atoms with Gasteiger partial charge in [0, 0.05) is 6.54 Å². The molecule has 1 aromatic rings. The molecule has 5 nitrogen and oxygen atoms in total. The van der Waals surface area contributed by atoms with Gasteiger partial charge in [0.15, 0.2) is 5.69 Å². The summed E-state index contributed by atoms with van der Waals surface area (Å²) in [6, 6.07) is 0. The van der Waals surface area contributed by atoms with Crippen molar-refractivity contribution in [1.29, 1.82) is 0 Å². The molecule has 1 heterocycles. The van der Waals surface area contributed by atoms with E-state index in [0.29, 0.717) is 12.2 Å². The van der Waals surface area contributed by atoms with Crippen molar-refractivity contribution in [3.8, 4) is 0 Å². The van der Waals surface area contributed by atoms with Gasteiger partial charge in [0.2, 0.25) is 0 Å². The Morgan fingerprint density at radius 3 is 2.47 bits per heavy atom. The number of rotatable bonds is 3. The number of carboxylic acid groups (broad SMARTS) is 1. The highest BCUT2D eigenvalue weighted by atomic mass is 16.4. The molecule has 0 radical (unpaired) electrons. The molecule has 84 valence electrons. The average Bonchev–Trinajstić information content (AvgIpc) is 2.42. The minimum Gasteiger partial charge on any atom is -0.476 e. The molecular formula is C10H17N3O2. The summed E-state index contributed by atoms with van der Waals surface area (Å²) in [7, 11) is 0. The van der Waals surface area contributed by atoms with Crippen LogP contribution in [-0.4, -0.2) is 26.1 Å². The minimum atomic E-state index is -1.02. The molecule has 0 aromatic carbocycles. The Kier molecular flexibility index (Phi) is 3.12. The average molecular weight is 211 g/mol. The summed E-state index contributed by atoms with van der Waals surface area (Å²) in [5.41, 5.74) is 0.873. The summed E-state index contributed by atoms with van der Waals surface area (Å²) in [5.74, 6) is -1.02. The van der Waals surface area contributed by atoms with Gasteiger partial charge in [0.1, 0.15) is 0 Å². The fourth-order valence-corrected chi connectivity index (χ4v) is 1.21. The van der Waals surface area contributed by atoms with E-state index in [1.54, 1.807) is 11.6 Å². The van der Waals surface area contributed by atoms with E-state index in [2.05, 4.69) is 31.1 Å². The van der Waals surface area contributed by atoms with Crippen LogP contribution < -0.4 is 0 Å². The molecule has 0 aliphatic carbocycles. The van der Waals surface area contributed by atoms with E-state index in [4.69, 9.17) is 5.11 Å². The zero-order chi connectivity index (χ0) is 11.6. The van der Waals surface area contributed by atoms with Gasteiger partial charge in [-0.15, -0.1) is 5.10 Å². The number of hydrogen-bond acceptors (Lipinski definition) is 3. The van der Waals surface area contributed by atoms with E-state index in [0.717, 1.165) is 6.42 Å². The highest BCUT2D eigenvalue weighted by Crippen LogP contribution is 2.19. The van der Waals surface area contributed by atoms with Crippen LogP contribution in [0.2, 0.25) is 0 Å². The van der Waals surface area contributed by atoms with Crippen LogP contribution in [0.3, 0.4) is 0 Å². The second-order valence-corrected chi connectivity index (χ2v) is 4.86. The van der Waals surface area contributed by atoms with Gasteiger partial charge in [0.25, 0.3) is 0 Å². The first kappa shape index (κ1) is 11.7. The van der Waals surface area contributed by atoms with E-state index in [9.17, 15) is 4.79 Å². The molecule has 0 bridgehead atoms. The van der Waals surface area contributed by atoms with Crippen LogP contribution in [0.5, 0.6) is 0 Å². The molecule has 1 N–H and O–H groups in total. The minimum absolute atomic E-state index is 0.0453. The Hall–Kier alpha value is -1.39. The van der Waals surface area contributed by atoms with Crippen LogP contribution in [0.15, 0.2) is 0 Å². The van der Waals surface area contributed by atoms with E-state index in [1.807, 2.05) is 0 Å². The second kappa shape index (κ2) is 4.00. The highest BCUT2D eigenvalue weighted by molar-refractivity contribution is 5.86. The van der Waals surface area contributed by atoms with Gasteiger partial charge in [-0.1, -0.05) is 26.0 Å². The molecule has 0 amide bonds. The molecule has 0 spiro atoms. The lowest BCUT2D eigenvalue weighted by Gasteiger charge is -2.17. The van der Waals surface area contributed by atoms with Crippen molar-refractivity contribution in [1.82, 2.24) is 15.0 Å². The smallest absolute Gasteiger partial charge is 0.358 e. The first-order valence-corrected chi connectivity index (χ1v) is 4.94. The monoisotopic (exact) mass is 211 g/mol. The number of aromatic carboxylic acids is 1. The molecule has 15 heavy (non-hydrogen) atoms. The van der Waals surface area contributed by atoms with E-state index >= 15 is 0 Å². The number of aromatic nitrogens is 3. The Morgan fingerprint density at radius 2 is 2.07 bits per heavy atom. The molecule has 0 aliphatic heterocycles. The number of hydrogen-bond donors (Lipinski definition) is 1. The maximum Gasteiger partial charge on any atom is 0.358 e. The van der Waals surface area contributed by atoms with Gasteiger partial charge in [-0.2, -0.15) is 0 Å². The molecule has 0 fully saturated rings. The molecule has 0 aliphatic rings. The third-order valence-corrected chi connectivity index (χ3v) is 2.26. The Balaban J connectivity index is 2.75. The Labute approximate surface area is 89.1 Å². The van der Waals surface area contributed by atoms with Gasteiger partial charge in [-0.25, -0.2) is 9.48 Å². The van der Waals surface area contributed by atoms with Crippen molar-refractivity contribution in [2.24, 2.45) is 5.41 Å². The number of aryl methyl sites for hydroxylation is 1. The molecule has 5 heteroatoms. The van der Waals surface area contributed by atoms with Gasteiger partial charge in [-0.3, -0.25) is 0 Å².